The fourth-order valence-corrected chi connectivity index (χ4v) is 5.37. The average molecular weight is 300 g/mol. The summed E-state index contributed by atoms with van der Waals surface area (Å²) in [4.78, 5) is 1.51. The van der Waals surface area contributed by atoms with Crippen LogP contribution in [0, 0.1) is 17.8 Å². The molecule has 2 bridgehead atoms. The van der Waals surface area contributed by atoms with Crippen molar-refractivity contribution in [2.45, 2.75) is 31.7 Å². The van der Waals surface area contributed by atoms with Crippen LogP contribution in [0.1, 0.15) is 36.6 Å². The summed E-state index contributed by atoms with van der Waals surface area (Å²) in [6, 6.07) is 5.05. The van der Waals surface area contributed by atoms with E-state index in [0.717, 1.165) is 17.8 Å². The number of hydrogen-bond donors (Lipinski definition) is 1. The van der Waals surface area contributed by atoms with E-state index >= 15 is 0 Å². The van der Waals surface area contributed by atoms with Gasteiger partial charge in [0.05, 0.1) is 3.79 Å². The van der Waals surface area contributed by atoms with E-state index in [9.17, 15) is 0 Å². The highest BCUT2D eigenvalue weighted by molar-refractivity contribution is 9.11. The largest absolute Gasteiger partial charge is 0.312 e. The van der Waals surface area contributed by atoms with Crippen LogP contribution >= 0.6 is 27.3 Å². The minimum atomic E-state index is 0.589. The summed E-state index contributed by atoms with van der Waals surface area (Å²) >= 11 is 5.46. The van der Waals surface area contributed by atoms with Crippen molar-refractivity contribution in [3.63, 3.8) is 0 Å². The summed E-state index contributed by atoms with van der Waals surface area (Å²) in [5.41, 5.74) is 0. The van der Waals surface area contributed by atoms with Crippen molar-refractivity contribution in [2.75, 3.05) is 7.05 Å². The van der Waals surface area contributed by atoms with Crippen molar-refractivity contribution in [3.05, 3.63) is 20.8 Å². The second kappa shape index (κ2) is 4.43. The highest BCUT2D eigenvalue weighted by Gasteiger charge is 2.43. The van der Waals surface area contributed by atoms with Crippen LogP contribution in [0.2, 0.25) is 0 Å². The number of fused-ring (bicyclic) bond motifs is 2. The zero-order valence-corrected chi connectivity index (χ0v) is 12.0. The van der Waals surface area contributed by atoms with Crippen LogP contribution in [0.3, 0.4) is 0 Å². The van der Waals surface area contributed by atoms with Gasteiger partial charge in [-0.25, -0.2) is 0 Å². The van der Waals surface area contributed by atoms with Gasteiger partial charge in [0, 0.05) is 10.9 Å². The first-order valence-electron chi connectivity index (χ1n) is 6.20. The zero-order valence-electron chi connectivity index (χ0n) is 9.58. The van der Waals surface area contributed by atoms with E-state index in [0.29, 0.717) is 6.04 Å². The van der Waals surface area contributed by atoms with Crippen molar-refractivity contribution >= 4 is 27.3 Å². The van der Waals surface area contributed by atoms with Gasteiger partial charge in [-0.3, -0.25) is 0 Å². The van der Waals surface area contributed by atoms with E-state index in [1.807, 2.05) is 11.3 Å². The standard InChI is InChI=1S/C13H18BrNS/c1-15-13(11-4-5-12(14)16-11)10-7-8-2-3-9(10)6-8/h4-5,8-10,13,15H,2-3,6-7H2,1H3. The predicted octanol–water partition coefficient (Wildman–Crippen LogP) is 4.21. The molecule has 4 atom stereocenters. The molecule has 3 rings (SSSR count). The van der Waals surface area contributed by atoms with E-state index in [1.165, 1.54) is 34.3 Å². The van der Waals surface area contributed by atoms with Crippen molar-refractivity contribution in [1.82, 2.24) is 5.32 Å². The van der Waals surface area contributed by atoms with E-state index in [2.05, 4.69) is 40.4 Å². The van der Waals surface area contributed by atoms with Crippen LogP contribution in [0.4, 0.5) is 0 Å². The average Bonchev–Trinajstić information content (AvgIpc) is 2.96. The molecule has 2 aliphatic rings. The summed E-state index contributed by atoms with van der Waals surface area (Å²) in [5, 5.41) is 3.55. The molecule has 1 aromatic heterocycles. The number of hydrogen-bond acceptors (Lipinski definition) is 2. The van der Waals surface area contributed by atoms with E-state index in [4.69, 9.17) is 0 Å². The molecule has 2 saturated carbocycles. The van der Waals surface area contributed by atoms with Crippen LogP contribution < -0.4 is 5.32 Å². The Bertz CT molecular complexity index is 376. The molecule has 1 nitrogen and oxygen atoms in total. The molecule has 0 radical (unpaired) electrons. The Morgan fingerprint density at radius 1 is 1.38 bits per heavy atom. The summed E-state index contributed by atoms with van der Waals surface area (Å²) in [7, 11) is 2.12. The van der Waals surface area contributed by atoms with Crippen LogP contribution in [0.25, 0.3) is 0 Å². The molecular formula is C13H18BrNS. The minimum Gasteiger partial charge on any atom is -0.312 e. The molecule has 4 unspecified atom stereocenters. The molecule has 0 amide bonds. The lowest BCUT2D eigenvalue weighted by Crippen LogP contribution is -2.28. The van der Waals surface area contributed by atoms with Crippen LogP contribution in [-0.4, -0.2) is 7.05 Å². The number of rotatable bonds is 3. The first-order valence-corrected chi connectivity index (χ1v) is 7.81. The Labute approximate surface area is 110 Å². The Morgan fingerprint density at radius 3 is 2.75 bits per heavy atom. The van der Waals surface area contributed by atoms with Gasteiger partial charge in [0.25, 0.3) is 0 Å². The summed E-state index contributed by atoms with van der Waals surface area (Å²) in [6.07, 6.45) is 5.91. The molecule has 2 fully saturated rings. The second-order valence-corrected chi connectivity index (χ2v) is 7.74. The van der Waals surface area contributed by atoms with Gasteiger partial charge >= 0.3 is 0 Å². The fraction of sp³-hybridized carbons (Fsp3) is 0.692. The molecular weight excluding hydrogens is 282 g/mol. The lowest BCUT2D eigenvalue weighted by atomic mass is 9.83. The number of nitrogens with one attached hydrogen (secondary N) is 1. The van der Waals surface area contributed by atoms with Crippen LogP contribution in [-0.2, 0) is 0 Å². The van der Waals surface area contributed by atoms with E-state index in [-0.39, 0.29) is 0 Å². The molecule has 0 aliphatic heterocycles. The highest BCUT2D eigenvalue weighted by Crippen LogP contribution is 2.53. The molecule has 16 heavy (non-hydrogen) atoms. The van der Waals surface area contributed by atoms with Crippen molar-refractivity contribution in [3.8, 4) is 0 Å². The number of thiophene rings is 1. The van der Waals surface area contributed by atoms with Crippen LogP contribution in [0.5, 0.6) is 0 Å². The molecule has 0 saturated heterocycles. The lowest BCUT2D eigenvalue weighted by Gasteiger charge is -2.29. The van der Waals surface area contributed by atoms with Gasteiger partial charge in [-0.05, 0) is 72.1 Å². The first-order chi connectivity index (χ1) is 7.78. The van der Waals surface area contributed by atoms with Gasteiger partial charge in [0.2, 0.25) is 0 Å². The third kappa shape index (κ3) is 1.87. The fourth-order valence-electron chi connectivity index (χ4n) is 3.76. The predicted molar refractivity (Wildman–Crippen MR) is 72.8 cm³/mol. The maximum absolute atomic E-state index is 3.57. The van der Waals surface area contributed by atoms with Crippen molar-refractivity contribution in [2.24, 2.45) is 17.8 Å². The summed E-state index contributed by atoms with van der Waals surface area (Å²) in [6.45, 7) is 0. The maximum atomic E-state index is 3.57. The first kappa shape index (κ1) is 11.2. The van der Waals surface area contributed by atoms with Gasteiger partial charge in [-0.15, -0.1) is 11.3 Å². The zero-order chi connectivity index (χ0) is 11.1. The van der Waals surface area contributed by atoms with Crippen molar-refractivity contribution in [1.29, 1.82) is 0 Å². The SMILES string of the molecule is CNC(c1ccc(Br)s1)C1CC2CCC1C2. The molecule has 0 aromatic carbocycles. The smallest absolute Gasteiger partial charge is 0.0701 e. The molecule has 2 aliphatic carbocycles. The van der Waals surface area contributed by atoms with E-state index < -0.39 is 0 Å². The van der Waals surface area contributed by atoms with Gasteiger partial charge in [-0.1, -0.05) is 6.42 Å². The summed E-state index contributed by atoms with van der Waals surface area (Å²) in [5.74, 6) is 2.91. The van der Waals surface area contributed by atoms with Gasteiger partial charge in [0.15, 0.2) is 0 Å². The quantitative estimate of drug-likeness (QED) is 0.882. The summed E-state index contributed by atoms with van der Waals surface area (Å²) < 4.78 is 1.26. The molecule has 0 spiro atoms. The maximum Gasteiger partial charge on any atom is 0.0701 e. The van der Waals surface area contributed by atoms with Gasteiger partial charge in [0.1, 0.15) is 0 Å². The van der Waals surface area contributed by atoms with Gasteiger partial charge in [-0.2, -0.15) is 0 Å². The lowest BCUT2D eigenvalue weighted by molar-refractivity contribution is 0.262. The monoisotopic (exact) mass is 299 g/mol. The molecule has 1 N–H and O–H groups in total. The molecule has 3 heteroatoms. The Morgan fingerprint density at radius 2 is 2.25 bits per heavy atom. The third-order valence-corrected chi connectivity index (χ3v) is 6.14. The second-order valence-electron chi connectivity index (χ2n) is 5.25. The Balaban J connectivity index is 1.81. The third-order valence-electron chi connectivity index (χ3n) is 4.43. The van der Waals surface area contributed by atoms with E-state index in [1.54, 1.807) is 0 Å². The topological polar surface area (TPSA) is 12.0 Å². The van der Waals surface area contributed by atoms with Crippen molar-refractivity contribution < 1.29 is 0 Å². The van der Waals surface area contributed by atoms with Gasteiger partial charge < -0.3 is 5.32 Å². The van der Waals surface area contributed by atoms with Crippen LogP contribution in [0.15, 0.2) is 15.9 Å². The normalized spacial score (nSPS) is 34.5. The number of halogens is 1. The minimum absolute atomic E-state index is 0.589. The highest BCUT2D eigenvalue weighted by atomic mass is 79.9. The molecule has 1 aromatic rings. The Kier molecular flexibility index (Phi) is 3.11. The Hall–Kier alpha value is 0.140. The molecule has 1 heterocycles. The molecule has 88 valence electrons.